The summed E-state index contributed by atoms with van der Waals surface area (Å²) >= 11 is 0. The second-order valence-electron chi connectivity index (χ2n) is 7.67. The van der Waals surface area contributed by atoms with Crippen LogP contribution in [0.25, 0.3) is 0 Å². The van der Waals surface area contributed by atoms with E-state index in [2.05, 4.69) is 27.1 Å². The van der Waals surface area contributed by atoms with Crippen molar-refractivity contribution < 1.29 is 8.39 Å². The molecule has 0 bridgehead atoms. The molecular weight excluding hydrogens is 407 g/mol. The van der Waals surface area contributed by atoms with E-state index in [1.54, 1.807) is 0 Å². The molecule has 4 rings (SSSR count). The number of halogens is 2. The zero-order valence-corrected chi connectivity index (χ0v) is 17.2. The van der Waals surface area contributed by atoms with Crippen molar-refractivity contribution in [3.63, 3.8) is 0 Å². The van der Waals surface area contributed by atoms with Gasteiger partial charge in [0.25, 0.3) is 14.1 Å². The Bertz CT molecular complexity index is 1120. The Morgan fingerprint density at radius 3 is 2.37 bits per heavy atom. The van der Waals surface area contributed by atoms with Gasteiger partial charge in [0.2, 0.25) is 0 Å². The second-order valence-corrected chi connectivity index (χ2v) is 8.66. The zero-order chi connectivity index (χ0) is 21.1. The van der Waals surface area contributed by atoms with Crippen LogP contribution in [-0.2, 0) is 6.42 Å². The lowest BCUT2D eigenvalue weighted by molar-refractivity contribution is 0.388. The fourth-order valence-corrected chi connectivity index (χ4v) is 4.77. The van der Waals surface area contributed by atoms with Crippen LogP contribution < -0.4 is 16.6 Å². The number of benzene rings is 1. The van der Waals surface area contributed by atoms with Crippen molar-refractivity contribution in [1.82, 2.24) is 15.0 Å². The summed E-state index contributed by atoms with van der Waals surface area (Å²) in [6.07, 6.45) is 5.07. The normalized spacial score (nSPS) is 19.2. The van der Waals surface area contributed by atoms with Crippen molar-refractivity contribution in [2.75, 3.05) is 0 Å². The number of pyridine rings is 1. The molecule has 3 aromatic rings. The van der Waals surface area contributed by atoms with Gasteiger partial charge in [0.05, 0.1) is 0 Å². The standard InChI is InChI=1S/C22H22F2N3O2P/c23-30(24)18-10-11-25-17(12-18)13-19-20(26-22(29)27-21(19)28)16-8-6-15(7-9-16)14-4-2-1-3-5-14/h1-5,10-12,15-16H,6-9,13H2,(H2,26,27,28,29). The monoisotopic (exact) mass is 429 g/mol. The van der Waals surface area contributed by atoms with Gasteiger partial charge in [-0.1, -0.05) is 30.3 Å². The van der Waals surface area contributed by atoms with E-state index >= 15 is 0 Å². The number of nitrogens with one attached hydrogen (secondary N) is 2. The van der Waals surface area contributed by atoms with Crippen molar-refractivity contribution in [2.45, 2.75) is 43.9 Å². The number of aromatic nitrogens is 3. The van der Waals surface area contributed by atoms with Gasteiger partial charge in [0, 0.05) is 34.9 Å². The lowest BCUT2D eigenvalue weighted by atomic mass is 9.76. The molecule has 30 heavy (non-hydrogen) atoms. The van der Waals surface area contributed by atoms with Gasteiger partial charge >= 0.3 is 5.69 Å². The highest BCUT2D eigenvalue weighted by atomic mass is 31.2. The Balaban J connectivity index is 1.59. The van der Waals surface area contributed by atoms with Crippen LogP contribution in [0, 0.1) is 0 Å². The lowest BCUT2D eigenvalue weighted by Crippen LogP contribution is -2.30. The first-order valence-corrected chi connectivity index (χ1v) is 11.1. The minimum Gasteiger partial charge on any atom is -0.311 e. The highest BCUT2D eigenvalue weighted by Gasteiger charge is 2.27. The Hall–Kier alpha value is -2.66. The third-order valence-corrected chi connectivity index (χ3v) is 6.50. The molecule has 0 spiro atoms. The third kappa shape index (κ3) is 4.57. The molecule has 0 aliphatic heterocycles. The van der Waals surface area contributed by atoms with E-state index in [0.717, 1.165) is 25.7 Å². The maximum atomic E-state index is 13.1. The third-order valence-electron chi connectivity index (χ3n) is 5.83. The first kappa shape index (κ1) is 20.6. The maximum Gasteiger partial charge on any atom is 0.325 e. The topological polar surface area (TPSA) is 78.6 Å². The van der Waals surface area contributed by atoms with Gasteiger partial charge in [-0.15, -0.1) is 0 Å². The first-order chi connectivity index (χ1) is 14.5. The van der Waals surface area contributed by atoms with E-state index in [1.165, 1.54) is 23.9 Å². The van der Waals surface area contributed by atoms with Gasteiger partial charge in [-0.25, -0.2) is 4.79 Å². The average molecular weight is 429 g/mol. The van der Waals surface area contributed by atoms with Crippen LogP contribution in [0.15, 0.2) is 58.3 Å². The Kier molecular flexibility index (Phi) is 6.18. The van der Waals surface area contributed by atoms with Gasteiger partial charge < -0.3 is 4.98 Å². The maximum absolute atomic E-state index is 13.1. The summed E-state index contributed by atoms with van der Waals surface area (Å²) in [5, 5.41) is -0.0687. The molecule has 5 nitrogen and oxygen atoms in total. The molecule has 1 saturated carbocycles. The average Bonchev–Trinajstić information content (AvgIpc) is 2.76. The van der Waals surface area contributed by atoms with Crippen molar-refractivity contribution in [1.29, 1.82) is 0 Å². The summed E-state index contributed by atoms with van der Waals surface area (Å²) in [6.45, 7) is 0. The molecular formula is C22H22F2N3O2P. The molecule has 156 valence electrons. The summed E-state index contributed by atoms with van der Waals surface area (Å²) in [6, 6.07) is 13.0. The Labute approximate surface area is 173 Å². The largest absolute Gasteiger partial charge is 0.325 e. The van der Waals surface area contributed by atoms with Gasteiger partial charge in [0.1, 0.15) is 0 Å². The van der Waals surface area contributed by atoms with E-state index in [-0.39, 0.29) is 17.6 Å². The van der Waals surface area contributed by atoms with Gasteiger partial charge in [-0.2, -0.15) is 8.39 Å². The lowest BCUT2D eigenvalue weighted by Gasteiger charge is -2.29. The Morgan fingerprint density at radius 2 is 1.67 bits per heavy atom. The molecule has 2 N–H and O–H groups in total. The molecule has 0 saturated heterocycles. The highest BCUT2D eigenvalue weighted by Crippen LogP contribution is 2.40. The number of hydrogen-bond acceptors (Lipinski definition) is 3. The van der Waals surface area contributed by atoms with Crippen LogP contribution in [0.1, 0.15) is 60.0 Å². The molecule has 2 heterocycles. The minimum absolute atomic E-state index is 0.0534. The van der Waals surface area contributed by atoms with Crippen LogP contribution in [0.2, 0.25) is 0 Å². The van der Waals surface area contributed by atoms with Crippen LogP contribution in [-0.4, -0.2) is 15.0 Å². The van der Waals surface area contributed by atoms with E-state index in [4.69, 9.17) is 0 Å². The quantitative estimate of drug-likeness (QED) is 0.592. The van der Waals surface area contributed by atoms with Crippen molar-refractivity contribution >= 4 is 13.8 Å². The predicted octanol–water partition coefficient (Wildman–Crippen LogP) is 4.37. The summed E-state index contributed by atoms with van der Waals surface area (Å²) < 4.78 is 26.2. The molecule has 1 fully saturated rings. The smallest absolute Gasteiger partial charge is 0.311 e. The molecule has 1 aliphatic rings. The molecule has 0 amide bonds. The SMILES string of the molecule is O=c1[nH]c(C2CCC(c3ccccc3)CC2)c(Cc2cc(P(F)F)ccn2)c(=O)[nH]1. The van der Waals surface area contributed by atoms with E-state index in [1.807, 2.05) is 18.2 Å². The van der Waals surface area contributed by atoms with Gasteiger partial charge in [0.15, 0.2) is 0 Å². The molecule has 2 aromatic heterocycles. The van der Waals surface area contributed by atoms with Crippen LogP contribution in [0.3, 0.4) is 0 Å². The number of H-pyrrole nitrogens is 2. The molecule has 0 radical (unpaired) electrons. The van der Waals surface area contributed by atoms with Gasteiger partial charge in [-0.3, -0.25) is 14.8 Å². The number of aromatic amines is 2. The van der Waals surface area contributed by atoms with Crippen molar-refractivity contribution in [3.8, 4) is 0 Å². The van der Waals surface area contributed by atoms with E-state index in [9.17, 15) is 18.0 Å². The highest BCUT2D eigenvalue weighted by molar-refractivity contribution is 7.55. The summed E-state index contributed by atoms with van der Waals surface area (Å²) in [4.78, 5) is 33.8. The predicted molar refractivity (Wildman–Crippen MR) is 114 cm³/mol. The van der Waals surface area contributed by atoms with Crippen LogP contribution in [0.4, 0.5) is 8.39 Å². The summed E-state index contributed by atoms with van der Waals surface area (Å²) in [7, 11) is -3.23. The van der Waals surface area contributed by atoms with Crippen LogP contribution >= 0.6 is 8.54 Å². The van der Waals surface area contributed by atoms with Crippen molar-refractivity contribution in [3.05, 3.63) is 92.0 Å². The van der Waals surface area contributed by atoms with Crippen molar-refractivity contribution in [2.24, 2.45) is 0 Å². The molecule has 0 atom stereocenters. The Morgan fingerprint density at radius 1 is 0.967 bits per heavy atom. The zero-order valence-electron chi connectivity index (χ0n) is 16.3. The van der Waals surface area contributed by atoms with Gasteiger partial charge in [-0.05, 0) is 55.2 Å². The summed E-state index contributed by atoms with van der Waals surface area (Å²) in [5.74, 6) is 0.518. The molecule has 1 aliphatic carbocycles. The fraction of sp³-hybridized carbons (Fsp3) is 0.318. The second kappa shape index (κ2) is 9.00. The fourth-order valence-electron chi connectivity index (χ4n) is 4.34. The van der Waals surface area contributed by atoms with E-state index < -0.39 is 19.8 Å². The number of hydrogen-bond donors (Lipinski definition) is 2. The molecule has 1 aromatic carbocycles. The summed E-state index contributed by atoms with van der Waals surface area (Å²) in [5.41, 5.74) is 1.71. The molecule has 8 heteroatoms. The van der Waals surface area contributed by atoms with E-state index in [0.29, 0.717) is 22.9 Å². The number of rotatable bonds is 5. The molecule has 0 unspecified atom stereocenters. The van der Waals surface area contributed by atoms with Crippen LogP contribution in [0.5, 0.6) is 0 Å². The first-order valence-electron chi connectivity index (χ1n) is 9.98. The number of nitrogens with zero attached hydrogens (tertiary/aromatic N) is 1. The minimum atomic E-state index is -3.23.